The Labute approximate surface area is 86.8 Å². The number of hydrogen-bond acceptors (Lipinski definition) is 3. The van der Waals surface area contributed by atoms with Gasteiger partial charge in [-0.1, -0.05) is 0 Å². The van der Waals surface area contributed by atoms with Crippen LogP contribution in [0.5, 0.6) is 0 Å². The molecule has 2 aliphatic rings. The van der Waals surface area contributed by atoms with E-state index in [1.54, 1.807) is 0 Å². The summed E-state index contributed by atoms with van der Waals surface area (Å²) in [5.74, 6) is 0. The smallest absolute Gasteiger partial charge is 0.0534 e. The van der Waals surface area contributed by atoms with Crippen LogP contribution in [0.3, 0.4) is 0 Å². The van der Waals surface area contributed by atoms with E-state index in [1.165, 1.54) is 32.5 Å². The first kappa shape index (κ1) is 10.4. The fourth-order valence-electron chi connectivity index (χ4n) is 2.19. The van der Waals surface area contributed by atoms with Gasteiger partial charge >= 0.3 is 0 Å². The number of nitrogens with zero attached hydrogens (tertiary/aromatic N) is 1. The van der Waals surface area contributed by atoms with Crippen LogP contribution >= 0.6 is 0 Å². The minimum Gasteiger partial charge on any atom is -0.381 e. The van der Waals surface area contributed by atoms with Gasteiger partial charge in [0.2, 0.25) is 0 Å². The molecule has 0 amide bonds. The maximum Gasteiger partial charge on any atom is 0.0534 e. The molecule has 0 spiro atoms. The van der Waals surface area contributed by atoms with Crippen LogP contribution in [0.4, 0.5) is 0 Å². The van der Waals surface area contributed by atoms with Gasteiger partial charge in [0.1, 0.15) is 0 Å². The third-order valence-corrected chi connectivity index (χ3v) is 3.34. The predicted molar refractivity (Wildman–Crippen MR) is 57.5 cm³/mol. The van der Waals surface area contributed by atoms with Gasteiger partial charge in [0, 0.05) is 44.7 Å². The van der Waals surface area contributed by atoms with E-state index < -0.39 is 0 Å². The van der Waals surface area contributed by atoms with E-state index in [1.807, 2.05) is 0 Å². The molecule has 0 radical (unpaired) electrons. The molecule has 0 aromatic heterocycles. The van der Waals surface area contributed by atoms with Crippen molar-refractivity contribution in [3.63, 3.8) is 0 Å². The molecular formula is C11H22N2O. The van der Waals surface area contributed by atoms with Gasteiger partial charge in [0.15, 0.2) is 0 Å². The van der Waals surface area contributed by atoms with Crippen LogP contribution in [-0.4, -0.2) is 50.8 Å². The number of hydrogen-bond donors (Lipinski definition) is 1. The summed E-state index contributed by atoms with van der Waals surface area (Å²) >= 11 is 0. The summed E-state index contributed by atoms with van der Waals surface area (Å²) in [7, 11) is 0. The lowest BCUT2D eigenvalue weighted by molar-refractivity contribution is 0.0753. The van der Waals surface area contributed by atoms with Crippen molar-refractivity contribution in [3.8, 4) is 0 Å². The fourth-order valence-corrected chi connectivity index (χ4v) is 2.19. The normalized spacial score (nSPS) is 26.4. The Bertz CT molecular complexity index is 174. The van der Waals surface area contributed by atoms with Crippen molar-refractivity contribution in [1.29, 1.82) is 0 Å². The lowest BCUT2D eigenvalue weighted by atomic mass is 10.1. The minimum atomic E-state index is 0.535. The molecule has 1 N–H and O–H groups in total. The molecule has 2 rings (SSSR count). The number of piperazine rings is 1. The first-order valence-electron chi connectivity index (χ1n) is 5.85. The SMILES string of the molecule is CCOCC1(CN2CCNCC2)CC1. The first-order valence-corrected chi connectivity index (χ1v) is 5.85. The van der Waals surface area contributed by atoms with Crippen molar-refractivity contribution in [2.75, 3.05) is 45.9 Å². The van der Waals surface area contributed by atoms with Crippen LogP contribution in [-0.2, 0) is 4.74 Å². The fraction of sp³-hybridized carbons (Fsp3) is 1.00. The summed E-state index contributed by atoms with van der Waals surface area (Å²) in [5.41, 5.74) is 0.535. The summed E-state index contributed by atoms with van der Waals surface area (Å²) in [6.45, 7) is 9.93. The highest BCUT2D eigenvalue weighted by atomic mass is 16.5. The zero-order valence-corrected chi connectivity index (χ0v) is 9.22. The Balaban J connectivity index is 1.72. The molecule has 0 bridgehead atoms. The molecule has 0 atom stereocenters. The van der Waals surface area contributed by atoms with E-state index >= 15 is 0 Å². The summed E-state index contributed by atoms with van der Waals surface area (Å²) < 4.78 is 5.56. The van der Waals surface area contributed by atoms with Gasteiger partial charge in [-0.3, -0.25) is 0 Å². The highest BCUT2D eigenvalue weighted by Crippen LogP contribution is 2.46. The summed E-state index contributed by atoms with van der Waals surface area (Å²) in [4.78, 5) is 2.59. The molecule has 3 nitrogen and oxygen atoms in total. The van der Waals surface area contributed by atoms with Gasteiger partial charge in [-0.15, -0.1) is 0 Å². The number of ether oxygens (including phenoxy) is 1. The largest absolute Gasteiger partial charge is 0.381 e. The monoisotopic (exact) mass is 198 g/mol. The summed E-state index contributed by atoms with van der Waals surface area (Å²) in [6.07, 6.45) is 2.74. The Kier molecular flexibility index (Phi) is 3.42. The number of nitrogens with one attached hydrogen (secondary N) is 1. The predicted octanol–water partition coefficient (Wildman–Crippen LogP) is 0.708. The topological polar surface area (TPSA) is 24.5 Å². The molecule has 1 saturated heterocycles. The minimum absolute atomic E-state index is 0.535. The van der Waals surface area contributed by atoms with E-state index in [4.69, 9.17) is 4.74 Å². The molecule has 0 aromatic carbocycles. The van der Waals surface area contributed by atoms with E-state index in [0.717, 1.165) is 26.3 Å². The van der Waals surface area contributed by atoms with Gasteiger partial charge < -0.3 is 15.0 Å². The Hall–Kier alpha value is -0.120. The quantitative estimate of drug-likeness (QED) is 0.704. The van der Waals surface area contributed by atoms with E-state index in [-0.39, 0.29) is 0 Å². The van der Waals surface area contributed by atoms with Gasteiger partial charge in [-0.2, -0.15) is 0 Å². The van der Waals surface area contributed by atoms with Crippen molar-refractivity contribution in [2.24, 2.45) is 5.41 Å². The maximum absolute atomic E-state index is 5.56. The second-order valence-electron chi connectivity index (χ2n) is 4.66. The zero-order chi connectivity index (χ0) is 9.86. The van der Waals surface area contributed by atoms with Crippen molar-refractivity contribution in [3.05, 3.63) is 0 Å². The molecule has 82 valence electrons. The third-order valence-electron chi connectivity index (χ3n) is 3.34. The average Bonchev–Trinajstić information content (AvgIpc) is 2.97. The van der Waals surface area contributed by atoms with Gasteiger partial charge in [-0.25, -0.2) is 0 Å². The Morgan fingerprint density at radius 1 is 1.29 bits per heavy atom. The van der Waals surface area contributed by atoms with Crippen LogP contribution < -0.4 is 5.32 Å². The van der Waals surface area contributed by atoms with Crippen LogP contribution in [0.2, 0.25) is 0 Å². The molecule has 2 fully saturated rings. The van der Waals surface area contributed by atoms with Crippen LogP contribution in [0.25, 0.3) is 0 Å². The van der Waals surface area contributed by atoms with Crippen molar-refractivity contribution >= 4 is 0 Å². The Morgan fingerprint density at radius 3 is 2.57 bits per heavy atom. The third kappa shape index (κ3) is 2.69. The summed E-state index contributed by atoms with van der Waals surface area (Å²) in [6, 6.07) is 0. The van der Waals surface area contributed by atoms with Gasteiger partial charge in [-0.05, 0) is 19.8 Å². The summed E-state index contributed by atoms with van der Waals surface area (Å²) in [5, 5.41) is 3.39. The van der Waals surface area contributed by atoms with E-state index in [0.29, 0.717) is 5.41 Å². The first-order chi connectivity index (χ1) is 6.85. The van der Waals surface area contributed by atoms with Crippen LogP contribution in [0.1, 0.15) is 19.8 Å². The molecule has 0 unspecified atom stereocenters. The standard InChI is InChI=1S/C11H22N2O/c1-2-14-10-11(3-4-11)9-13-7-5-12-6-8-13/h12H,2-10H2,1H3. The van der Waals surface area contributed by atoms with Gasteiger partial charge in [0.05, 0.1) is 6.61 Å². The second kappa shape index (κ2) is 4.60. The molecule has 1 aliphatic heterocycles. The van der Waals surface area contributed by atoms with Crippen LogP contribution in [0.15, 0.2) is 0 Å². The highest BCUT2D eigenvalue weighted by Gasteiger charge is 2.44. The average molecular weight is 198 g/mol. The van der Waals surface area contributed by atoms with E-state index in [2.05, 4.69) is 17.1 Å². The lowest BCUT2D eigenvalue weighted by Crippen LogP contribution is -2.46. The van der Waals surface area contributed by atoms with Crippen molar-refractivity contribution in [1.82, 2.24) is 10.2 Å². The van der Waals surface area contributed by atoms with Crippen molar-refractivity contribution < 1.29 is 4.74 Å². The molecule has 3 heteroatoms. The zero-order valence-electron chi connectivity index (χ0n) is 9.22. The second-order valence-corrected chi connectivity index (χ2v) is 4.66. The highest BCUT2D eigenvalue weighted by molar-refractivity contribution is 4.96. The molecule has 14 heavy (non-hydrogen) atoms. The molecule has 1 saturated carbocycles. The molecule has 0 aromatic rings. The molecule has 1 heterocycles. The number of rotatable bonds is 5. The van der Waals surface area contributed by atoms with Crippen LogP contribution in [0, 0.1) is 5.41 Å². The molecule has 1 aliphatic carbocycles. The van der Waals surface area contributed by atoms with E-state index in [9.17, 15) is 0 Å². The maximum atomic E-state index is 5.56. The van der Waals surface area contributed by atoms with Gasteiger partial charge in [0.25, 0.3) is 0 Å². The van der Waals surface area contributed by atoms with Crippen molar-refractivity contribution in [2.45, 2.75) is 19.8 Å². The molecular weight excluding hydrogens is 176 g/mol. The lowest BCUT2D eigenvalue weighted by Gasteiger charge is -2.30. The Morgan fingerprint density at radius 2 is 2.00 bits per heavy atom.